The van der Waals surface area contributed by atoms with E-state index in [4.69, 9.17) is 15.6 Å². The molecule has 0 bridgehead atoms. The van der Waals surface area contributed by atoms with Crippen molar-refractivity contribution in [1.82, 2.24) is 0 Å². The highest BCUT2D eigenvalue weighted by atomic mass is 19.1. The van der Waals surface area contributed by atoms with Gasteiger partial charge >= 0.3 is 5.97 Å². The van der Waals surface area contributed by atoms with Crippen LogP contribution in [0.3, 0.4) is 0 Å². The van der Waals surface area contributed by atoms with Gasteiger partial charge < -0.3 is 15.6 Å². The Labute approximate surface area is 83.2 Å². The van der Waals surface area contributed by atoms with Gasteiger partial charge in [-0.3, -0.25) is 4.79 Å². The summed E-state index contributed by atoms with van der Waals surface area (Å²) in [6.45, 7) is 1.49. The van der Waals surface area contributed by atoms with Crippen molar-refractivity contribution in [2.45, 2.75) is 25.9 Å². The predicted octanol–water partition coefficient (Wildman–Crippen LogP) is 0.801. The van der Waals surface area contributed by atoms with Gasteiger partial charge in [-0.2, -0.15) is 0 Å². The number of ether oxygens (including phenoxy) is 1. The molecule has 0 radical (unpaired) electrons. The maximum absolute atomic E-state index is 11.7. The van der Waals surface area contributed by atoms with Gasteiger partial charge in [-0.05, 0) is 19.8 Å². The molecule has 0 saturated heterocycles. The van der Waals surface area contributed by atoms with Crippen LogP contribution in [0.15, 0.2) is 0 Å². The van der Waals surface area contributed by atoms with Gasteiger partial charge in [-0.1, -0.05) is 0 Å². The predicted molar refractivity (Wildman–Crippen MR) is 50.8 cm³/mol. The van der Waals surface area contributed by atoms with Gasteiger partial charge in [0.2, 0.25) is 0 Å². The molecule has 5 heteroatoms. The number of alkyl halides is 1. The Morgan fingerprint density at radius 2 is 2.21 bits per heavy atom. The maximum atomic E-state index is 11.7. The fourth-order valence-electron chi connectivity index (χ4n) is 1.11. The van der Waals surface area contributed by atoms with Gasteiger partial charge in [-0.15, -0.1) is 0 Å². The lowest BCUT2D eigenvalue weighted by molar-refractivity contribution is -0.141. The van der Waals surface area contributed by atoms with E-state index in [1.165, 1.54) is 0 Å². The van der Waals surface area contributed by atoms with Crippen LogP contribution < -0.4 is 5.73 Å². The molecule has 0 saturated carbocycles. The first-order valence-corrected chi connectivity index (χ1v) is 4.72. The normalized spacial score (nSPS) is 15.1. The van der Waals surface area contributed by atoms with E-state index >= 15 is 0 Å². The van der Waals surface area contributed by atoms with E-state index in [1.807, 2.05) is 0 Å². The van der Waals surface area contributed by atoms with Crippen molar-refractivity contribution < 1.29 is 19.0 Å². The number of carboxylic acid groups (broad SMARTS) is 1. The fraction of sp³-hybridized carbons (Fsp3) is 0.889. The number of aliphatic carboxylic acids is 1. The van der Waals surface area contributed by atoms with E-state index in [2.05, 4.69) is 0 Å². The van der Waals surface area contributed by atoms with Crippen molar-refractivity contribution in [1.29, 1.82) is 0 Å². The smallest absolute Gasteiger partial charge is 0.307 e. The Bertz CT molecular complexity index is 166. The molecule has 0 aromatic heterocycles. The van der Waals surface area contributed by atoms with Crippen molar-refractivity contribution in [2.75, 3.05) is 19.8 Å². The minimum Gasteiger partial charge on any atom is -0.481 e. The highest BCUT2D eigenvalue weighted by Gasteiger charge is 2.16. The minimum absolute atomic E-state index is 0.0710. The third-order valence-corrected chi connectivity index (χ3v) is 2.03. The van der Waals surface area contributed by atoms with Crippen molar-refractivity contribution in [3.05, 3.63) is 0 Å². The van der Waals surface area contributed by atoms with Gasteiger partial charge in [0.25, 0.3) is 0 Å². The van der Waals surface area contributed by atoms with Crippen LogP contribution in [-0.4, -0.2) is 37.0 Å². The van der Waals surface area contributed by atoms with Crippen molar-refractivity contribution in [3.63, 3.8) is 0 Å². The zero-order chi connectivity index (χ0) is 11.0. The van der Waals surface area contributed by atoms with E-state index < -0.39 is 18.6 Å². The van der Waals surface area contributed by atoms with Crippen LogP contribution in [0.2, 0.25) is 0 Å². The lowest BCUT2D eigenvalue weighted by Crippen LogP contribution is -2.24. The van der Waals surface area contributed by atoms with E-state index in [0.717, 1.165) is 0 Å². The number of hydrogen-bond acceptors (Lipinski definition) is 3. The molecule has 2 unspecified atom stereocenters. The summed E-state index contributed by atoms with van der Waals surface area (Å²) in [4.78, 5) is 10.6. The third-order valence-electron chi connectivity index (χ3n) is 2.03. The number of nitrogens with two attached hydrogens (primary N) is 1. The van der Waals surface area contributed by atoms with Crippen molar-refractivity contribution >= 4 is 5.97 Å². The molecule has 0 amide bonds. The molecular formula is C9H18FNO3. The zero-order valence-corrected chi connectivity index (χ0v) is 8.41. The zero-order valence-electron chi connectivity index (χ0n) is 8.41. The second-order valence-corrected chi connectivity index (χ2v) is 3.22. The molecule has 0 aliphatic rings. The van der Waals surface area contributed by atoms with E-state index in [0.29, 0.717) is 12.8 Å². The summed E-state index contributed by atoms with van der Waals surface area (Å²) in [5, 5.41) is 8.68. The maximum Gasteiger partial charge on any atom is 0.307 e. The van der Waals surface area contributed by atoms with Gasteiger partial charge in [-0.25, -0.2) is 4.39 Å². The Balaban J connectivity index is 3.62. The lowest BCUT2D eigenvalue weighted by Gasteiger charge is -2.14. The monoisotopic (exact) mass is 207 g/mol. The standard InChI is InChI=1S/C9H18FNO3/c1-7(14-5-4-10)2-3-8(6-11)9(12)13/h7-8H,2-6,11H2,1H3,(H,12,13). The Kier molecular flexibility index (Phi) is 7.32. The molecule has 0 aliphatic heterocycles. The highest BCUT2D eigenvalue weighted by molar-refractivity contribution is 5.70. The third kappa shape index (κ3) is 5.88. The number of carboxylic acids is 1. The summed E-state index contributed by atoms with van der Waals surface area (Å²) in [6, 6.07) is 0. The Morgan fingerprint density at radius 1 is 1.57 bits per heavy atom. The molecule has 0 heterocycles. The van der Waals surface area contributed by atoms with Gasteiger partial charge in [0.1, 0.15) is 6.67 Å². The average molecular weight is 207 g/mol. The molecule has 0 aromatic carbocycles. The largest absolute Gasteiger partial charge is 0.481 e. The second-order valence-electron chi connectivity index (χ2n) is 3.22. The summed E-state index contributed by atoms with van der Waals surface area (Å²) in [5.74, 6) is -1.41. The van der Waals surface area contributed by atoms with Crippen LogP contribution in [0.5, 0.6) is 0 Å². The number of halogens is 1. The number of hydrogen-bond donors (Lipinski definition) is 2. The Morgan fingerprint density at radius 3 is 2.64 bits per heavy atom. The molecule has 0 aromatic rings. The summed E-state index contributed by atoms with van der Waals surface area (Å²) in [5.41, 5.74) is 5.28. The number of carbonyl (C=O) groups is 1. The molecule has 0 fully saturated rings. The first-order valence-electron chi connectivity index (χ1n) is 4.72. The summed E-state index contributed by atoms with van der Waals surface area (Å²) in [7, 11) is 0. The quantitative estimate of drug-likeness (QED) is 0.617. The molecule has 0 aliphatic carbocycles. The van der Waals surface area contributed by atoms with Crippen LogP contribution in [-0.2, 0) is 9.53 Å². The SMILES string of the molecule is CC(CCC(CN)C(=O)O)OCCF. The van der Waals surface area contributed by atoms with Crippen molar-refractivity contribution in [3.8, 4) is 0 Å². The lowest BCUT2D eigenvalue weighted by atomic mass is 10.0. The van der Waals surface area contributed by atoms with Crippen LogP contribution in [0.1, 0.15) is 19.8 Å². The molecule has 84 valence electrons. The fourth-order valence-corrected chi connectivity index (χ4v) is 1.11. The van der Waals surface area contributed by atoms with Crippen LogP contribution in [0.25, 0.3) is 0 Å². The topological polar surface area (TPSA) is 72.6 Å². The average Bonchev–Trinajstić information content (AvgIpc) is 2.15. The van der Waals surface area contributed by atoms with Crippen molar-refractivity contribution in [2.24, 2.45) is 11.7 Å². The molecule has 2 atom stereocenters. The molecule has 14 heavy (non-hydrogen) atoms. The van der Waals surface area contributed by atoms with Crippen LogP contribution in [0.4, 0.5) is 4.39 Å². The van der Waals surface area contributed by atoms with E-state index in [-0.39, 0.29) is 19.3 Å². The first-order chi connectivity index (χ1) is 6.61. The van der Waals surface area contributed by atoms with Crippen LogP contribution >= 0.6 is 0 Å². The summed E-state index contributed by atoms with van der Waals surface area (Å²) >= 11 is 0. The molecule has 0 spiro atoms. The first kappa shape index (κ1) is 13.3. The van der Waals surface area contributed by atoms with Crippen LogP contribution in [0, 0.1) is 5.92 Å². The molecular weight excluding hydrogens is 189 g/mol. The van der Waals surface area contributed by atoms with Gasteiger partial charge in [0.05, 0.1) is 18.6 Å². The molecule has 3 N–H and O–H groups in total. The summed E-state index contributed by atoms with van der Waals surface area (Å²) < 4.78 is 16.8. The van der Waals surface area contributed by atoms with E-state index in [1.54, 1.807) is 6.92 Å². The summed E-state index contributed by atoms with van der Waals surface area (Å²) in [6.07, 6.45) is 0.951. The minimum atomic E-state index is -0.884. The molecule has 0 rings (SSSR count). The Hall–Kier alpha value is -0.680. The molecule has 4 nitrogen and oxygen atoms in total. The van der Waals surface area contributed by atoms with E-state index in [9.17, 15) is 9.18 Å². The van der Waals surface area contributed by atoms with Gasteiger partial charge in [0.15, 0.2) is 0 Å². The van der Waals surface area contributed by atoms with Gasteiger partial charge in [0, 0.05) is 6.54 Å². The highest BCUT2D eigenvalue weighted by Crippen LogP contribution is 2.09. The number of rotatable bonds is 8. The second kappa shape index (κ2) is 7.70.